The zero-order valence-electron chi connectivity index (χ0n) is 10.5. The van der Waals surface area contributed by atoms with Crippen LogP contribution >= 0.6 is 11.8 Å². The third-order valence-corrected chi connectivity index (χ3v) is 4.61. The summed E-state index contributed by atoms with van der Waals surface area (Å²) in [6.07, 6.45) is 0.372. The molecule has 1 aliphatic rings. The van der Waals surface area contributed by atoms with Crippen molar-refractivity contribution < 1.29 is 14.7 Å². The quantitative estimate of drug-likeness (QED) is 0.615. The van der Waals surface area contributed by atoms with Crippen LogP contribution in [0, 0.1) is 5.41 Å². The Labute approximate surface area is 111 Å². The van der Waals surface area contributed by atoms with Gasteiger partial charge in [-0.25, -0.2) is 0 Å². The van der Waals surface area contributed by atoms with Gasteiger partial charge in [-0.2, -0.15) is 0 Å². The molecule has 1 aromatic rings. The van der Waals surface area contributed by atoms with Gasteiger partial charge in [-0.3, -0.25) is 4.79 Å². The van der Waals surface area contributed by atoms with Crippen molar-refractivity contribution in [1.29, 1.82) is 0 Å². The van der Waals surface area contributed by atoms with Crippen molar-refractivity contribution in [2.75, 3.05) is 5.75 Å². The fraction of sp³-hybridized carbons (Fsp3) is 0.429. The van der Waals surface area contributed by atoms with Crippen LogP contribution in [0.4, 0.5) is 0 Å². The minimum Gasteiger partial charge on any atom is -0.550 e. The molecule has 0 saturated carbocycles. The number of benzene rings is 1. The lowest BCUT2D eigenvalue weighted by molar-refractivity contribution is -0.304. The fourth-order valence-corrected chi connectivity index (χ4v) is 3.23. The van der Waals surface area contributed by atoms with Crippen LogP contribution in [0.1, 0.15) is 36.2 Å². The van der Waals surface area contributed by atoms with Crippen LogP contribution in [0.5, 0.6) is 0 Å². The van der Waals surface area contributed by atoms with E-state index in [0.29, 0.717) is 5.56 Å². The van der Waals surface area contributed by atoms with E-state index in [1.807, 2.05) is 12.1 Å². The SMILES string of the molecule is CC1(C)CSc2ccc(C(=O)CC(=O)[O-])cc2C1. The molecule has 0 fully saturated rings. The molecule has 0 spiro atoms. The molecule has 0 bridgehead atoms. The van der Waals surface area contributed by atoms with Crippen LogP contribution in [-0.4, -0.2) is 17.5 Å². The molecular formula is C14H15O3S-. The first kappa shape index (κ1) is 13.1. The van der Waals surface area contributed by atoms with Gasteiger partial charge in [0.05, 0.1) is 6.42 Å². The minimum absolute atomic E-state index is 0.216. The second kappa shape index (κ2) is 4.76. The molecule has 1 aliphatic heterocycles. The van der Waals surface area contributed by atoms with Gasteiger partial charge in [-0.15, -0.1) is 11.8 Å². The van der Waals surface area contributed by atoms with Gasteiger partial charge in [-0.1, -0.05) is 19.9 Å². The van der Waals surface area contributed by atoms with E-state index in [1.165, 1.54) is 4.90 Å². The predicted molar refractivity (Wildman–Crippen MR) is 68.6 cm³/mol. The average Bonchev–Trinajstić information content (AvgIpc) is 2.25. The van der Waals surface area contributed by atoms with E-state index in [-0.39, 0.29) is 11.2 Å². The Kier molecular flexibility index (Phi) is 3.48. The summed E-state index contributed by atoms with van der Waals surface area (Å²) >= 11 is 1.79. The Hall–Kier alpha value is -1.29. The van der Waals surface area contributed by atoms with Gasteiger partial charge >= 0.3 is 0 Å². The highest BCUT2D eigenvalue weighted by atomic mass is 32.2. The number of hydrogen-bond acceptors (Lipinski definition) is 4. The third-order valence-electron chi connectivity index (χ3n) is 2.97. The molecule has 2 rings (SSSR count). The standard InChI is InChI=1S/C14H16O3S/c1-14(2)7-10-5-9(11(15)6-13(16)17)3-4-12(10)18-8-14/h3-5H,6-8H2,1-2H3,(H,16,17)/p-1. The Morgan fingerprint density at radius 1 is 1.39 bits per heavy atom. The normalized spacial score (nSPS) is 17.0. The molecular weight excluding hydrogens is 248 g/mol. The highest BCUT2D eigenvalue weighted by Gasteiger charge is 2.26. The van der Waals surface area contributed by atoms with Crippen LogP contribution in [-0.2, 0) is 11.2 Å². The van der Waals surface area contributed by atoms with Gasteiger partial charge in [0.1, 0.15) is 0 Å². The molecule has 0 radical (unpaired) electrons. The summed E-state index contributed by atoms with van der Waals surface area (Å²) in [5.74, 6) is -0.648. The van der Waals surface area contributed by atoms with E-state index in [2.05, 4.69) is 13.8 Å². The molecule has 1 heterocycles. The van der Waals surface area contributed by atoms with Crippen molar-refractivity contribution in [3.63, 3.8) is 0 Å². The summed E-state index contributed by atoms with van der Waals surface area (Å²) in [5.41, 5.74) is 1.82. The monoisotopic (exact) mass is 263 g/mol. The minimum atomic E-state index is -1.33. The highest BCUT2D eigenvalue weighted by Crippen LogP contribution is 2.39. The fourth-order valence-electron chi connectivity index (χ4n) is 2.10. The van der Waals surface area contributed by atoms with Crippen LogP contribution in [0.15, 0.2) is 23.1 Å². The lowest BCUT2D eigenvalue weighted by Crippen LogP contribution is -2.26. The third kappa shape index (κ3) is 2.93. The predicted octanol–water partition coefficient (Wildman–Crippen LogP) is 1.68. The summed E-state index contributed by atoms with van der Waals surface area (Å²) in [6.45, 7) is 4.39. The number of carbonyl (C=O) groups is 2. The van der Waals surface area contributed by atoms with Crippen molar-refractivity contribution >= 4 is 23.5 Å². The van der Waals surface area contributed by atoms with Gasteiger partial charge in [-0.05, 0) is 29.5 Å². The summed E-state index contributed by atoms with van der Waals surface area (Å²) in [5, 5.41) is 10.4. The van der Waals surface area contributed by atoms with Gasteiger partial charge in [0.15, 0.2) is 5.78 Å². The van der Waals surface area contributed by atoms with Crippen LogP contribution in [0.25, 0.3) is 0 Å². The molecule has 0 aromatic heterocycles. The van der Waals surface area contributed by atoms with E-state index in [9.17, 15) is 14.7 Å². The topological polar surface area (TPSA) is 57.2 Å². The van der Waals surface area contributed by atoms with Crippen molar-refractivity contribution in [2.45, 2.75) is 31.6 Å². The molecule has 18 heavy (non-hydrogen) atoms. The number of ketones is 1. The Morgan fingerprint density at radius 2 is 2.11 bits per heavy atom. The molecule has 1 aromatic carbocycles. The lowest BCUT2D eigenvalue weighted by Gasteiger charge is -2.30. The summed E-state index contributed by atoms with van der Waals surface area (Å²) in [7, 11) is 0. The van der Waals surface area contributed by atoms with Gasteiger partial charge < -0.3 is 9.90 Å². The number of aliphatic carboxylic acids is 1. The van der Waals surface area contributed by atoms with E-state index in [0.717, 1.165) is 17.7 Å². The Balaban J connectivity index is 2.26. The number of fused-ring (bicyclic) bond motifs is 1. The van der Waals surface area contributed by atoms with E-state index in [4.69, 9.17) is 0 Å². The number of hydrogen-bond donors (Lipinski definition) is 0. The second-order valence-corrected chi connectivity index (χ2v) is 6.44. The molecule has 96 valence electrons. The highest BCUT2D eigenvalue weighted by molar-refractivity contribution is 7.99. The van der Waals surface area contributed by atoms with Gasteiger partial charge in [0, 0.05) is 22.2 Å². The zero-order chi connectivity index (χ0) is 13.3. The molecule has 0 aliphatic carbocycles. The molecule has 0 atom stereocenters. The Bertz CT molecular complexity index is 506. The Morgan fingerprint density at radius 3 is 2.78 bits per heavy atom. The second-order valence-electron chi connectivity index (χ2n) is 5.42. The number of Topliss-reactive ketones (excluding diaryl/α,β-unsaturated/α-hetero) is 1. The number of carbonyl (C=O) groups excluding carboxylic acids is 2. The molecule has 0 saturated heterocycles. The van der Waals surface area contributed by atoms with E-state index < -0.39 is 12.4 Å². The summed E-state index contributed by atoms with van der Waals surface area (Å²) in [6, 6.07) is 5.45. The van der Waals surface area contributed by atoms with Gasteiger partial charge in [0.2, 0.25) is 0 Å². The first-order valence-corrected chi connectivity index (χ1v) is 6.85. The van der Waals surface area contributed by atoms with Crippen LogP contribution in [0.3, 0.4) is 0 Å². The van der Waals surface area contributed by atoms with Gasteiger partial charge in [0.25, 0.3) is 0 Å². The van der Waals surface area contributed by atoms with Crippen molar-refractivity contribution in [3.05, 3.63) is 29.3 Å². The van der Waals surface area contributed by atoms with E-state index in [1.54, 1.807) is 17.8 Å². The number of rotatable bonds is 3. The summed E-state index contributed by atoms with van der Waals surface area (Å²) < 4.78 is 0. The maximum absolute atomic E-state index is 11.7. The van der Waals surface area contributed by atoms with Crippen molar-refractivity contribution in [3.8, 4) is 0 Å². The molecule has 4 heteroatoms. The first-order valence-electron chi connectivity index (χ1n) is 5.86. The largest absolute Gasteiger partial charge is 0.550 e. The van der Waals surface area contributed by atoms with Crippen molar-refractivity contribution in [2.24, 2.45) is 5.41 Å². The lowest BCUT2D eigenvalue weighted by atomic mass is 9.86. The zero-order valence-corrected chi connectivity index (χ0v) is 11.3. The summed E-state index contributed by atoms with van der Waals surface area (Å²) in [4.78, 5) is 23.3. The number of carboxylic acids is 1. The average molecular weight is 263 g/mol. The van der Waals surface area contributed by atoms with Crippen molar-refractivity contribution in [1.82, 2.24) is 0 Å². The number of thioether (sulfide) groups is 1. The van der Waals surface area contributed by atoms with Crippen LogP contribution in [0.2, 0.25) is 0 Å². The maximum atomic E-state index is 11.7. The number of carboxylic acid groups (broad SMARTS) is 1. The molecule has 0 N–H and O–H groups in total. The first-order chi connectivity index (χ1) is 8.37. The molecule has 3 nitrogen and oxygen atoms in total. The van der Waals surface area contributed by atoms with E-state index >= 15 is 0 Å². The van der Waals surface area contributed by atoms with Crippen LogP contribution < -0.4 is 5.11 Å². The molecule has 0 unspecified atom stereocenters. The molecule has 0 amide bonds. The smallest absolute Gasteiger partial charge is 0.168 e. The maximum Gasteiger partial charge on any atom is 0.168 e.